The molecule has 10 heavy (non-hydrogen) atoms. The largest absolute Gasteiger partial charge is 0.481 e. The van der Waals surface area contributed by atoms with E-state index in [1.165, 1.54) is 0 Å². The number of aliphatic hydroxyl groups is 1. The Morgan fingerprint density at radius 3 is 2.50 bits per heavy atom. The highest BCUT2D eigenvalue weighted by atomic mass is 16.5. The lowest BCUT2D eigenvalue weighted by molar-refractivity contribution is -0.184. The van der Waals surface area contributed by atoms with Crippen LogP contribution in [0.4, 0.5) is 0 Å². The fraction of sp³-hybridized carbons (Fsp3) is 0.833. The third-order valence-electron chi connectivity index (χ3n) is 1.55. The molecule has 0 bridgehead atoms. The molecule has 58 valence electrons. The molecule has 4 heteroatoms. The Morgan fingerprint density at radius 1 is 1.60 bits per heavy atom. The summed E-state index contributed by atoms with van der Waals surface area (Å²) in [6, 6.07) is 0. The maximum atomic E-state index is 10.0. The topological polar surface area (TPSA) is 66.8 Å². The van der Waals surface area contributed by atoms with Crippen molar-refractivity contribution in [3.8, 4) is 0 Å². The molecule has 1 fully saturated rings. The predicted octanol–water partition coefficient (Wildman–Crippen LogP) is -0.387. The molecule has 1 aliphatic rings. The normalized spacial score (nSPS) is 21.7. The predicted molar refractivity (Wildman–Crippen MR) is 32.6 cm³/mol. The van der Waals surface area contributed by atoms with Crippen molar-refractivity contribution in [1.29, 1.82) is 0 Å². The van der Waals surface area contributed by atoms with Crippen LogP contribution in [0.1, 0.15) is 12.8 Å². The summed E-state index contributed by atoms with van der Waals surface area (Å²) < 4.78 is 4.73. The van der Waals surface area contributed by atoms with Crippen LogP contribution in [0.25, 0.3) is 0 Å². The number of carboxylic acid groups (broad SMARTS) is 1. The minimum Gasteiger partial charge on any atom is -0.481 e. The van der Waals surface area contributed by atoms with E-state index in [1.54, 1.807) is 0 Å². The fourth-order valence-corrected chi connectivity index (χ4v) is 0.822. The molecule has 2 N–H and O–H groups in total. The fourth-order valence-electron chi connectivity index (χ4n) is 0.822. The van der Waals surface area contributed by atoms with Gasteiger partial charge in [-0.05, 0) is 6.42 Å². The van der Waals surface area contributed by atoms with Crippen LogP contribution in [-0.4, -0.2) is 35.0 Å². The Kier molecular flexibility index (Phi) is 1.92. The number of rotatable bonds is 3. The number of ether oxygens (including phenoxy) is 1. The van der Waals surface area contributed by atoms with Crippen molar-refractivity contribution in [2.24, 2.45) is 0 Å². The van der Waals surface area contributed by atoms with Gasteiger partial charge >= 0.3 is 5.97 Å². The molecule has 1 saturated heterocycles. The second-order valence-corrected chi connectivity index (χ2v) is 2.61. The van der Waals surface area contributed by atoms with Crippen LogP contribution in [0, 0.1) is 0 Å². The molecule has 0 aromatic rings. The van der Waals surface area contributed by atoms with E-state index in [2.05, 4.69) is 0 Å². The van der Waals surface area contributed by atoms with Crippen LogP contribution in [0.15, 0.2) is 0 Å². The third-order valence-corrected chi connectivity index (χ3v) is 1.55. The molecule has 0 aliphatic carbocycles. The number of aliphatic carboxylic acids is 1. The summed E-state index contributed by atoms with van der Waals surface area (Å²) in [6.45, 7) is 0.556. The van der Waals surface area contributed by atoms with Crippen molar-refractivity contribution in [1.82, 2.24) is 0 Å². The maximum Gasteiger partial charge on any atom is 0.303 e. The average Bonchev–Trinajstić information content (AvgIpc) is 1.79. The molecule has 0 unspecified atom stereocenters. The number of hydrogen-bond acceptors (Lipinski definition) is 3. The standard InChI is InChI=1S/C6H10O4/c7-5(8)1-2-6(9)3-10-4-6/h9H,1-4H2,(H,7,8). The van der Waals surface area contributed by atoms with E-state index in [0.29, 0.717) is 6.42 Å². The van der Waals surface area contributed by atoms with E-state index in [-0.39, 0.29) is 19.6 Å². The molecule has 4 nitrogen and oxygen atoms in total. The summed E-state index contributed by atoms with van der Waals surface area (Å²) in [6.07, 6.45) is 0.308. The quantitative estimate of drug-likeness (QED) is 0.569. The average molecular weight is 146 g/mol. The second kappa shape index (κ2) is 2.56. The van der Waals surface area contributed by atoms with E-state index >= 15 is 0 Å². The third kappa shape index (κ3) is 1.68. The highest BCUT2D eigenvalue weighted by molar-refractivity contribution is 5.66. The van der Waals surface area contributed by atoms with E-state index in [0.717, 1.165) is 0 Å². The van der Waals surface area contributed by atoms with Gasteiger partial charge in [-0.15, -0.1) is 0 Å². The highest BCUT2D eigenvalue weighted by Crippen LogP contribution is 2.21. The molecule has 1 heterocycles. The maximum absolute atomic E-state index is 10.0. The van der Waals surface area contributed by atoms with E-state index in [1.807, 2.05) is 0 Å². The van der Waals surface area contributed by atoms with Gasteiger partial charge in [0.2, 0.25) is 0 Å². The van der Waals surface area contributed by atoms with Crippen LogP contribution < -0.4 is 0 Å². The van der Waals surface area contributed by atoms with Gasteiger partial charge in [0.15, 0.2) is 0 Å². The Bertz CT molecular complexity index is 139. The Hall–Kier alpha value is -0.610. The first-order valence-corrected chi connectivity index (χ1v) is 3.14. The summed E-state index contributed by atoms with van der Waals surface area (Å²) >= 11 is 0. The van der Waals surface area contributed by atoms with E-state index in [4.69, 9.17) is 9.84 Å². The van der Waals surface area contributed by atoms with E-state index < -0.39 is 11.6 Å². The molecule has 0 amide bonds. The van der Waals surface area contributed by atoms with Gasteiger partial charge in [0, 0.05) is 6.42 Å². The molecule has 0 radical (unpaired) electrons. The van der Waals surface area contributed by atoms with Crippen LogP contribution in [0.2, 0.25) is 0 Å². The van der Waals surface area contributed by atoms with Gasteiger partial charge in [0.1, 0.15) is 5.60 Å². The van der Waals surface area contributed by atoms with Gasteiger partial charge in [-0.1, -0.05) is 0 Å². The van der Waals surface area contributed by atoms with Crippen LogP contribution in [0.5, 0.6) is 0 Å². The number of carboxylic acids is 1. The van der Waals surface area contributed by atoms with Gasteiger partial charge < -0.3 is 14.9 Å². The van der Waals surface area contributed by atoms with E-state index in [9.17, 15) is 9.90 Å². The molecule has 0 atom stereocenters. The molecule has 0 aromatic carbocycles. The Morgan fingerprint density at radius 2 is 2.20 bits per heavy atom. The zero-order valence-electron chi connectivity index (χ0n) is 5.54. The number of hydrogen-bond donors (Lipinski definition) is 2. The smallest absolute Gasteiger partial charge is 0.303 e. The first-order chi connectivity index (χ1) is 4.62. The van der Waals surface area contributed by atoms with Crippen molar-refractivity contribution in [3.63, 3.8) is 0 Å². The molecule has 0 saturated carbocycles. The molecule has 1 aliphatic heterocycles. The van der Waals surface area contributed by atoms with Crippen molar-refractivity contribution in [2.45, 2.75) is 18.4 Å². The monoisotopic (exact) mass is 146 g/mol. The summed E-state index contributed by atoms with van der Waals surface area (Å²) in [5.41, 5.74) is -0.849. The van der Waals surface area contributed by atoms with Crippen LogP contribution >= 0.6 is 0 Å². The van der Waals surface area contributed by atoms with Gasteiger partial charge in [0.05, 0.1) is 13.2 Å². The SMILES string of the molecule is O=C(O)CCC1(O)COC1. The summed E-state index contributed by atoms with van der Waals surface area (Å²) in [5, 5.41) is 17.5. The van der Waals surface area contributed by atoms with Gasteiger partial charge in [0.25, 0.3) is 0 Å². The summed E-state index contributed by atoms with van der Waals surface area (Å²) in [5.74, 6) is -0.875. The Balaban J connectivity index is 2.18. The van der Waals surface area contributed by atoms with Crippen molar-refractivity contribution < 1.29 is 19.7 Å². The minimum absolute atomic E-state index is 0.0137. The number of carbonyl (C=O) groups is 1. The van der Waals surface area contributed by atoms with Crippen molar-refractivity contribution in [3.05, 3.63) is 0 Å². The molecular formula is C6H10O4. The first-order valence-electron chi connectivity index (χ1n) is 3.14. The second-order valence-electron chi connectivity index (χ2n) is 2.61. The lowest BCUT2D eigenvalue weighted by Gasteiger charge is -2.35. The Labute approximate surface area is 58.4 Å². The zero-order chi connectivity index (χ0) is 7.61. The molecule has 1 rings (SSSR count). The lowest BCUT2D eigenvalue weighted by atomic mass is 9.96. The summed E-state index contributed by atoms with van der Waals surface area (Å²) in [7, 11) is 0. The first kappa shape index (κ1) is 7.50. The summed E-state index contributed by atoms with van der Waals surface area (Å²) in [4.78, 5) is 10.0. The molecular weight excluding hydrogens is 136 g/mol. The minimum atomic E-state index is -0.875. The van der Waals surface area contributed by atoms with Gasteiger partial charge in [-0.3, -0.25) is 4.79 Å². The van der Waals surface area contributed by atoms with Crippen LogP contribution in [0.3, 0.4) is 0 Å². The molecule has 0 spiro atoms. The van der Waals surface area contributed by atoms with Crippen LogP contribution in [-0.2, 0) is 9.53 Å². The van der Waals surface area contributed by atoms with Crippen molar-refractivity contribution in [2.75, 3.05) is 13.2 Å². The highest BCUT2D eigenvalue weighted by Gasteiger charge is 2.35. The molecule has 0 aromatic heterocycles. The van der Waals surface area contributed by atoms with Gasteiger partial charge in [-0.2, -0.15) is 0 Å². The van der Waals surface area contributed by atoms with Crippen molar-refractivity contribution >= 4 is 5.97 Å². The van der Waals surface area contributed by atoms with Gasteiger partial charge in [-0.25, -0.2) is 0 Å². The lowest BCUT2D eigenvalue weighted by Crippen LogP contribution is -2.49. The zero-order valence-corrected chi connectivity index (χ0v) is 5.54.